The Morgan fingerprint density at radius 1 is 0.857 bits per heavy atom. The number of hydrogen-bond donors (Lipinski definition) is 2. The third-order valence-corrected chi connectivity index (χ3v) is 6.45. The number of aryl methyl sites for hydroxylation is 3. The molecule has 1 aliphatic heterocycles. The SMILES string of the molecule is Cc1ccc(C)c(NC(=O)Cc2ccc(NC3=C(Cl)C(=O)N(c4ccc(C)c(Cl)c4)C3=O)cc2)c1. The fourth-order valence-corrected chi connectivity index (χ4v) is 4.05. The monoisotopic (exact) mass is 507 g/mol. The van der Waals surface area contributed by atoms with Gasteiger partial charge in [0.05, 0.1) is 12.1 Å². The molecule has 2 N–H and O–H groups in total. The molecule has 0 bridgehead atoms. The summed E-state index contributed by atoms with van der Waals surface area (Å²) in [6.07, 6.45) is 0.191. The zero-order valence-electron chi connectivity index (χ0n) is 19.4. The van der Waals surface area contributed by atoms with Crippen LogP contribution in [0.5, 0.6) is 0 Å². The van der Waals surface area contributed by atoms with Gasteiger partial charge in [-0.2, -0.15) is 0 Å². The summed E-state index contributed by atoms with van der Waals surface area (Å²) in [5, 5.41) is 6.11. The summed E-state index contributed by atoms with van der Waals surface area (Å²) in [4.78, 5) is 39.1. The first-order chi connectivity index (χ1) is 16.6. The zero-order chi connectivity index (χ0) is 25.3. The van der Waals surface area contributed by atoms with Crippen LogP contribution in [-0.2, 0) is 20.8 Å². The summed E-state index contributed by atoms with van der Waals surface area (Å²) in [5.41, 5.74) is 5.35. The highest BCUT2D eigenvalue weighted by Gasteiger charge is 2.39. The quantitative estimate of drug-likeness (QED) is 0.408. The van der Waals surface area contributed by atoms with Crippen molar-refractivity contribution in [1.82, 2.24) is 0 Å². The van der Waals surface area contributed by atoms with Gasteiger partial charge in [-0.25, -0.2) is 4.90 Å². The van der Waals surface area contributed by atoms with Gasteiger partial charge in [0.15, 0.2) is 0 Å². The van der Waals surface area contributed by atoms with Crippen molar-refractivity contribution in [3.05, 3.63) is 98.7 Å². The van der Waals surface area contributed by atoms with Crippen molar-refractivity contribution in [1.29, 1.82) is 0 Å². The van der Waals surface area contributed by atoms with Gasteiger partial charge in [-0.1, -0.05) is 53.5 Å². The van der Waals surface area contributed by atoms with E-state index in [0.717, 1.165) is 32.8 Å². The molecule has 0 atom stereocenters. The van der Waals surface area contributed by atoms with E-state index in [1.165, 1.54) is 0 Å². The molecule has 3 aromatic rings. The normalized spacial score (nSPS) is 13.5. The number of anilines is 3. The molecule has 3 amide bonds. The van der Waals surface area contributed by atoms with Crippen LogP contribution >= 0.6 is 23.2 Å². The molecule has 178 valence electrons. The largest absolute Gasteiger partial charge is 0.350 e. The maximum atomic E-state index is 13.0. The lowest BCUT2D eigenvalue weighted by atomic mass is 10.1. The second kappa shape index (κ2) is 9.94. The smallest absolute Gasteiger partial charge is 0.283 e. The summed E-state index contributed by atoms with van der Waals surface area (Å²) >= 11 is 12.4. The lowest BCUT2D eigenvalue weighted by Gasteiger charge is -2.16. The van der Waals surface area contributed by atoms with Crippen molar-refractivity contribution in [2.75, 3.05) is 15.5 Å². The summed E-state index contributed by atoms with van der Waals surface area (Å²) < 4.78 is 0. The van der Waals surface area contributed by atoms with E-state index >= 15 is 0 Å². The van der Waals surface area contributed by atoms with Crippen molar-refractivity contribution in [3.63, 3.8) is 0 Å². The highest BCUT2D eigenvalue weighted by atomic mass is 35.5. The Labute approximate surface area is 213 Å². The minimum Gasteiger partial charge on any atom is -0.350 e. The van der Waals surface area contributed by atoms with Crippen molar-refractivity contribution in [2.24, 2.45) is 0 Å². The standard InChI is InChI=1S/C27H23Cl2N3O3/c1-15-4-5-17(3)22(12-15)31-23(33)13-18-7-9-19(10-8-18)30-25-24(29)26(34)32(27(25)35)20-11-6-16(2)21(28)14-20/h4-12,14,30H,13H2,1-3H3,(H,31,33). The van der Waals surface area contributed by atoms with Crippen molar-refractivity contribution < 1.29 is 14.4 Å². The van der Waals surface area contributed by atoms with Gasteiger partial charge < -0.3 is 10.6 Å². The van der Waals surface area contributed by atoms with E-state index in [0.29, 0.717) is 16.4 Å². The number of nitrogens with zero attached hydrogens (tertiary/aromatic N) is 1. The van der Waals surface area contributed by atoms with Gasteiger partial charge in [0.25, 0.3) is 11.8 Å². The molecule has 8 heteroatoms. The highest BCUT2D eigenvalue weighted by molar-refractivity contribution is 6.53. The Hall–Kier alpha value is -3.61. The lowest BCUT2D eigenvalue weighted by molar-refractivity contribution is -0.120. The zero-order valence-corrected chi connectivity index (χ0v) is 20.9. The Morgan fingerprint density at radius 3 is 2.23 bits per heavy atom. The molecule has 0 saturated heterocycles. The van der Waals surface area contributed by atoms with Crippen molar-refractivity contribution in [2.45, 2.75) is 27.2 Å². The summed E-state index contributed by atoms with van der Waals surface area (Å²) in [6.45, 7) is 5.74. The Morgan fingerprint density at radius 2 is 1.54 bits per heavy atom. The van der Waals surface area contributed by atoms with Crippen LogP contribution in [0.4, 0.5) is 17.1 Å². The number of carbonyl (C=O) groups is 3. The molecule has 0 fully saturated rings. The third-order valence-electron chi connectivity index (χ3n) is 5.70. The number of imide groups is 1. The molecule has 0 aliphatic carbocycles. The first-order valence-electron chi connectivity index (χ1n) is 10.9. The Bertz CT molecular complexity index is 1380. The molecular formula is C27H23Cl2N3O3. The minimum atomic E-state index is -0.626. The first-order valence-corrected chi connectivity index (χ1v) is 11.7. The van der Waals surface area contributed by atoms with Gasteiger partial charge in [0, 0.05) is 16.4 Å². The van der Waals surface area contributed by atoms with E-state index in [1.54, 1.807) is 42.5 Å². The molecule has 1 heterocycles. The predicted molar refractivity (Wildman–Crippen MR) is 140 cm³/mol. The van der Waals surface area contributed by atoms with Crippen LogP contribution in [0, 0.1) is 20.8 Å². The van der Waals surface area contributed by atoms with Gasteiger partial charge in [-0.3, -0.25) is 14.4 Å². The van der Waals surface area contributed by atoms with E-state index in [1.807, 2.05) is 39.0 Å². The number of carbonyl (C=O) groups excluding carboxylic acids is 3. The van der Waals surface area contributed by atoms with Crippen LogP contribution in [0.3, 0.4) is 0 Å². The van der Waals surface area contributed by atoms with E-state index in [2.05, 4.69) is 10.6 Å². The minimum absolute atomic E-state index is 0.0196. The second-order valence-electron chi connectivity index (χ2n) is 8.43. The van der Waals surface area contributed by atoms with Gasteiger partial charge in [0.1, 0.15) is 10.7 Å². The number of hydrogen-bond acceptors (Lipinski definition) is 4. The number of rotatable bonds is 6. The molecule has 3 aromatic carbocycles. The van der Waals surface area contributed by atoms with Gasteiger partial charge in [-0.15, -0.1) is 0 Å². The van der Waals surface area contributed by atoms with Crippen molar-refractivity contribution in [3.8, 4) is 0 Å². The van der Waals surface area contributed by atoms with E-state index in [4.69, 9.17) is 23.2 Å². The van der Waals surface area contributed by atoms with Crippen LogP contribution in [0.15, 0.2) is 71.4 Å². The van der Waals surface area contributed by atoms with Crippen LogP contribution in [-0.4, -0.2) is 17.7 Å². The maximum Gasteiger partial charge on any atom is 0.283 e. The average Bonchev–Trinajstić information content (AvgIpc) is 3.02. The number of amides is 3. The molecule has 0 spiro atoms. The fraction of sp³-hybridized carbons (Fsp3) is 0.148. The summed E-state index contributed by atoms with van der Waals surface area (Å²) in [7, 11) is 0. The molecule has 0 unspecified atom stereocenters. The van der Waals surface area contributed by atoms with E-state index in [-0.39, 0.29) is 23.1 Å². The predicted octanol–water partition coefficient (Wildman–Crippen LogP) is 5.88. The molecule has 0 radical (unpaired) electrons. The van der Waals surface area contributed by atoms with Gasteiger partial charge in [-0.05, 0) is 73.4 Å². The molecule has 35 heavy (non-hydrogen) atoms. The number of benzene rings is 3. The molecule has 4 rings (SSSR count). The second-order valence-corrected chi connectivity index (χ2v) is 9.22. The summed E-state index contributed by atoms with van der Waals surface area (Å²) in [6, 6.07) is 17.8. The van der Waals surface area contributed by atoms with Gasteiger partial charge >= 0.3 is 0 Å². The number of halogens is 2. The molecule has 0 aromatic heterocycles. The molecule has 0 saturated carbocycles. The number of nitrogens with one attached hydrogen (secondary N) is 2. The highest BCUT2D eigenvalue weighted by Crippen LogP contribution is 2.32. The van der Waals surface area contributed by atoms with E-state index in [9.17, 15) is 14.4 Å². The maximum absolute atomic E-state index is 13.0. The summed E-state index contributed by atoms with van der Waals surface area (Å²) in [5.74, 6) is -1.33. The van der Waals surface area contributed by atoms with Crippen LogP contribution in [0.2, 0.25) is 5.02 Å². The van der Waals surface area contributed by atoms with Crippen LogP contribution < -0.4 is 15.5 Å². The van der Waals surface area contributed by atoms with Crippen molar-refractivity contribution >= 4 is 58.0 Å². The Kier molecular flexibility index (Phi) is 6.96. The average molecular weight is 508 g/mol. The van der Waals surface area contributed by atoms with E-state index < -0.39 is 11.8 Å². The van der Waals surface area contributed by atoms with Gasteiger partial charge in [0.2, 0.25) is 5.91 Å². The lowest BCUT2D eigenvalue weighted by Crippen LogP contribution is -2.32. The molecule has 6 nitrogen and oxygen atoms in total. The first kappa shape index (κ1) is 24.5. The molecular weight excluding hydrogens is 485 g/mol. The van der Waals surface area contributed by atoms with Crippen LogP contribution in [0.1, 0.15) is 22.3 Å². The third kappa shape index (κ3) is 5.24. The topological polar surface area (TPSA) is 78.5 Å². The molecule has 1 aliphatic rings. The Balaban J connectivity index is 1.44. The fourth-order valence-electron chi connectivity index (χ4n) is 3.67. The van der Waals surface area contributed by atoms with Crippen LogP contribution in [0.25, 0.3) is 0 Å².